The maximum absolute atomic E-state index is 6.00. The Labute approximate surface area is 118 Å². The van der Waals surface area contributed by atoms with Gasteiger partial charge >= 0.3 is 0 Å². The van der Waals surface area contributed by atoms with E-state index in [0.717, 1.165) is 27.9 Å². The quantitative estimate of drug-likeness (QED) is 0.586. The Hall–Kier alpha value is -2.53. The molecule has 0 aliphatic heterocycles. The summed E-state index contributed by atoms with van der Waals surface area (Å²) in [6, 6.07) is 7.91. The molecule has 0 unspecified atom stereocenters. The number of hydrogen-bond donors (Lipinski definition) is 3. The predicted molar refractivity (Wildman–Crippen MR) is 84.3 cm³/mol. The molecule has 5 heteroatoms. The van der Waals surface area contributed by atoms with Crippen molar-refractivity contribution in [2.45, 2.75) is 6.92 Å². The van der Waals surface area contributed by atoms with E-state index in [0.29, 0.717) is 5.70 Å². The van der Waals surface area contributed by atoms with Crippen LogP contribution in [0.2, 0.25) is 0 Å². The minimum absolute atomic E-state index is 0.614. The van der Waals surface area contributed by atoms with E-state index in [1.807, 2.05) is 37.4 Å². The van der Waals surface area contributed by atoms with E-state index in [2.05, 4.69) is 16.9 Å². The fourth-order valence-corrected chi connectivity index (χ4v) is 1.90. The maximum atomic E-state index is 6.00. The largest absolute Gasteiger partial charge is 0.397 e. The van der Waals surface area contributed by atoms with Crippen molar-refractivity contribution in [2.75, 3.05) is 12.4 Å². The molecule has 1 aromatic heterocycles. The summed E-state index contributed by atoms with van der Waals surface area (Å²) in [7, 11) is 1.73. The molecule has 1 aromatic carbocycles. The van der Waals surface area contributed by atoms with Crippen LogP contribution >= 0.6 is 0 Å². The highest BCUT2D eigenvalue weighted by Crippen LogP contribution is 2.21. The Morgan fingerprint density at radius 3 is 2.75 bits per heavy atom. The van der Waals surface area contributed by atoms with Crippen LogP contribution in [-0.2, 0) is 0 Å². The Bertz CT molecular complexity index is 673. The molecule has 0 atom stereocenters. The lowest BCUT2D eigenvalue weighted by atomic mass is 10.1. The first-order chi connectivity index (χ1) is 9.45. The summed E-state index contributed by atoms with van der Waals surface area (Å²) in [5, 5.41) is 6.63. The number of pyridine rings is 1. The second kappa shape index (κ2) is 5.63. The van der Waals surface area contributed by atoms with Gasteiger partial charge in [-0.05, 0) is 30.0 Å². The lowest BCUT2D eigenvalue weighted by Crippen LogP contribution is -2.20. The first-order valence-corrected chi connectivity index (χ1v) is 6.23. The molecule has 0 fully saturated rings. The molecule has 2 rings (SSSR count). The average Bonchev–Trinajstić information content (AvgIpc) is 2.36. The van der Waals surface area contributed by atoms with E-state index in [1.165, 1.54) is 5.01 Å². The summed E-state index contributed by atoms with van der Waals surface area (Å²) >= 11 is 0. The van der Waals surface area contributed by atoms with E-state index >= 15 is 0 Å². The average molecular weight is 269 g/mol. The first kappa shape index (κ1) is 13.9. The molecule has 5 N–H and O–H groups in total. The van der Waals surface area contributed by atoms with Crippen molar-refractivity contribution in [1.82, 2.24) is 9.99 Å². The van der Waals surface area contributed by atoms with Gasteiger partial charge in [0.05, 0.1) is 5.70 Å². The number of nitrogens with two attached hydrogens (primary N) is 2. The normalized spacial score (nSPS) is 11.4. The molecule has 0 aliphatic rings. The van der Waals surface area contributed by atoms with Crippen LogP contribution in [0.15, 0.2) is 48.9 Å². The molecule has 104 valence electrons. The van der Waals surface area contributed by atoms with Gasteiger partial charge in [-0.15, -0.1) is 0 Å². The standard InChI is InChI=1S/C15H19N5/c1-10(2)19-15-7-13-6-11(14(16)9-20(3)17)4-5-12(13)8-18-15/h4-9H,1,16-17H2,2-3H3,(H,18,19)/b14-9-. The molecule has 0 saturated carbocycles. The van der Waals surface area contributed by atoms with Crippen LogP contribution in [0.3, 0.4) is 0 Å². The van der Waals surface area contributed by atoms with Crippen LogP contribution in [0.5, 0.6) is 0 Å². The van der Waals surface area contributed by atoms with Gasteiger partial charge < -0.3 is 16.1 Å². The summed E-state index contributed by atoms with van der Waals surface area (Å²) < 4.78 is 0. The predicted octanol–water partition coefficient (Wildman–Crippen LogP) is 2.24. The number of benzene rings is 1. The van der Waals surface area contributed by atoms with Crippen molar-refractivity contribution in [3.8, 4) is 0 Å². The highest BCUT2D eigenvalue weighted by atomic mass is 15.4. The molecule has 1 heterocycles. The first-order valence-electron chi connectivity index (χ1n) is 6.23. The van der Waals surface area contributed by atoms with Gasteiger partial charge in [-0.2, -0.15) is 0 Å². The van der Waals surface area contributed by atoms with Gasteiger partial charge in [0.2, 0.25) is 0 Å². The number of allylic oxidation sites excluding steroid dienone is 1. The van der Waals surface area contributed by atoms with E-state index in [1.54, 1.807) is 13.2 Å². The van der Waals surface area contributed by atoms with Crippen LogP contribution < -0.4 is 16.9 Å². The Morgan fingerprint density at radius 1 is 1.35 bits per heavy atom. The molecular formula is C15H19N5. The highest BCUT2D eigenvalue weighted by molar-refractivity contribution is 5.87. The highest BCUT2D eigenvalue weighted by Gasteiger charge is 2.02. The number of nitrogens with zero attached hydrogens (tertiary/aromatic N) is 2. The topological polar surface area (TPSA) is 80.2 Å². The molecule has 0 spiro atoms. The maximum Gasteiger partial charge on any atom is 0.130 e. The third-order valence-electron chi connectivity index (χ3n) is 2.74. The number of anilines is 1. The van der Waals surface area contributed by atoms with Crippen LogP contribution in [-0.4, -0.2) is 17.0 Å². The Kier molecular flexibility index (Phi) is 3.91. The fourth-order valence-electron chi connectivity index (χ4n) is 1.90. The van der Waals surface area contributed by atoms with E-state index in [-0.39, 0.29) is 0 Å². The molecule has 0 aliphatic carbocycles. The Balaban J connectivity index is 2.43. The lowest BCUT2D eigenvalue weighted by Gasteiger charge is -2.10. The molecule has 2 aromatic rings. The SMILES string of the molecule is C=C(C)Nc1cc2cc(/C(N)=C/N(C)N)ccc2cn1. The molecule has 0 bridgehead atoms. The van der Waals surface area contributed by atoms with Gasteiger partial charge in [0.1, 0.15) is 5.82 Å². The van der Waals surface area contributed by atoms with E-state index < -0.39 is 0 Å². The van der Waals surface area contributed by atoms with Gasteiger partial charge in [0.15, 0.2) is 0 Å². The van der Waals surface area contributed by atoms with Crippen LogP contribution in [0, 0.1) is 0 Å². The van der Waals surface area contributed by atoms with Gasteiger partial charge in [-0.3, -0.25) is 0 Å². The fraction of sp³-hybridized carbons (Fsp3) is 0.133. The molecular weight excluding hydrogens is 250 g/mol. The van der Waals surface area contributed by atoms with Crippen molar-refractivity contribution in [1.29, 1.82) is 0 Å². The summed E-state index contributed by atoms with van der Waals surface area (Å²) in [6.45, 7) is 5.70. The zero-order valence-corrected chi connectivity index (χ0v) is 11.7. The zero-order chi connectivity index (χ0) is 14.7. The minimum atomic E-state index is 0.614. The van der Waals surface area contributed by atoms with Gasteiger partial charge in [-0.25, -0.2) is 10.8 Å². The second-order valence-corrected chi connectivity index (χ2v) is 4.79. The van der Waals surface area contributed by atoms with Crippen molar-refractivity contribution in [2.24, 2.45) is 11.6 Å². The van der Waals surface area contributed by atoms with Gasteiger partial charge in [0, 0.05) is 30.5 Å². The van der Waals surface area contributed by atoms with Crippen molar-refractivity contribution >= 4 is 22.3 Å². The van der Waals surface area contributed by atoms with Gasteiger partial charge in [0.25, 0.3) is 0 Å². The molecule has 0 radical (unpaired) electrons. The number of rotatable bonds is 4. The number of hydrazine groups is 1. The Morgan fingerprint density at radius 2 is 2.10 bits per heavy atom. The third-order valence-corrected chi connectivity index (χ3v) is 2.74. The van der Waals surface area contributed by atoms with Crippen LogP contribution in [0.25, 0.3) is 16.5 Å². The number of aromatic nitrogens is 1. The molecule has 5 nitrogen and oxygen atoms in total. The summed E-state index contributed by atoms with van der Waals surface area (Å²) in [4.78, 5) is 4.32. The van der Waals surface area contributed by atoms with Crippen LogP contribution in [0.4, 0.5) is 5.82 Å². The number of hydrogen-bond acceptors (Lipinski definition) is 5. The second-order valence-electron chi connectivity index (χ2n) is 4.79. The van der Waals surface area contributed by atoms with E-state index in [4.69, 9.17) is 11.6 Å². The van der Waals surface area contributed by atoms with Gasteiger partial charge in [-0.1, -0.05) is 18.7 Å². The van der Waals surface area contributed by atoms with Crippen molar-refractivity contribution in [3.05, 3.63) is 54.5 Å². The van der Waals surface area contributed by atoms with E-state index in [9.17, 15) is 0 Å². The number of nitrogens with one attached hydrogen (secondary N) is 1. The molecule has 0 saturated heterocycles. The molecule has 20 heavy (non-hydrogen) atoms. The van der Waals surface area contributed by atoms with Crippen molar-refractivity contribution < 1.29 is 0 Å². The zero-order valence-electron chi connectivity index (χ0n) is 11.7. The molecule has 0 amide bonds. The monoisotopic (exact) mass is 269 g/mol. The summed E-state index contributed by atoms with van der Waals surface area (Å²) in [6.07, 6.45) is 3.49. The smallest absolute Gasteiger partial charge is 0.130 e. The lowest BCUT2D eigenvalue weighted by molar-refractivity contribution is 0.486. The number of fused-ring (bicyclic) bond motifs is 1. The van der Waals surface area contributed by atoms with Crippen molar-refractivity contribution in [3.63, 3.8) is 0 Å². The summed E-state index contributed by atoms with van der Waals surface area (Å²) in [5.74, 6) is 6.33. The summed E-state index contributed by atoms with van der Waals surface area (Å²) in [5.41, 5.74) is 8.38. The third kappa shape index (κ3) is 3.27. The van der Waals surface area contributed by atoms with Crippen LogP contribution in [0.1, 0.15) is 12.5 Å². The minimum Gasteiger partial charge on any atom is -0.397 e.